The lowest BCUT2D eigenvalue weighted by Crippen LogP contribution is -2.39. The van der Waals surface area contributed by atoms with E-state index in [2.05, 4.69) is 15.0 Å². The second-order valence-corrected chi connectivity index (χ2v) is 8.21. The van der Waals surface area contributed by atoms with Crippen LogP contribution in [0.1, 0.15) is 27.5 Å². The minimum absolute atomic E-state index is 0.0969. The van der Waals surface area contributed by atoms with Gasteiger partial charge in [-0.25, -0.2) is 13.1 Å². The molecule has 0 bridgehead atoms. The summed E-state index contributed by atoms with van der Waals surface area (Å²) in [5.74, 6) is 0.210. The van der Waals surface area contributed by atoms with Gasteiger partial charge in [-0.15, -0.1) is 0 Å². The van der Waals surface area contributed by atoms with E-state index in [1.165, 1.54) is 0 Å². The maximum absolute atomic E-state index is 13.0. The second kappa shape index (κ2) is 6.60. The summed E-state index contributed by atoms with van der Waals surface area (Å²) in [5, 5.41) is 8.12. The van der Waals surface area contributed by atoms with Crippen molar-refractivity contribution < 1.29 is 17.7 Å². The topological polar surface area (TPSA) is 110 Å². The fourth-order valence-electron chi connectivity index (χ4n) is 3.03. The van der Waals surface area contributed by atoms with E-state index in [4.69, 9.17) is 4.52 Å². The van der Waals surface area contributed by atoms with Crippen LogP contribution >= 0.6 is 0 Å². The highest BCUT2D eigenvalue weighted by Crippen LogP contribution is 2.21. The molecule has 136 valence electrons. The van der Waals surface area contributed by atoms with E-state index in [1.807, 2.05) is 10.7 Å². The Balaban J connectivity index is 1.87. The van der Waals surface area contributed by atoms with Crippen molar-refractivity contribution in [3.05, 3.63) is 35.0 Å². The van der Waals surface area contributed by atoms with E-state index in [-0.39, 0.29) is 18.4 Å². The van der Waals surface area contributed by atoms with Crippen LogP contribution in [0.3, 0.4) is 0 Å². The number of nitrogens with one attached hydrogen (secondary N) is 1. The monoisotopic (exact) mass is 367 g/mol. The summed E-state index contributed by atoms with van der Waals surface area (Å²) in [7, 11) is -3.30. The quantitative estimate of drug-likeness (QED) is 0.833. The third-order valence-corrected chi connectivity index (χ3v) is 4.93. The van der Waals surface area contributed by atoms with Crippen molar-refractivity contribution in [2.24, 2.45) is 5.92 Å². The molecular formula is C15H21N5O4S. The number of aromatic nitrogens is 3. The number of carbonyl (C=O) groups is 1. The first-order valence-electron chi connectivity index (χ1n) is 7.92. The Morgan fingerprint density at radius 3 is 2.80 bits per heavy atom. The molecule has 0 fully saturated rings. The maximum Gasteiger partial charge on any atom is 0.259 e. The highest BCUT2D eigenvalue weighted by Gasteiger charge is 2.29. The Bertz CT molecular complexity index is 866. The normalized spacial score (nSPS) is 18.0. The minimum atomic E-state index is -3.30. The van der Waals surface area contributed by atoms with Crippen LogP contribution in [0.2, 0.25) is 0 Å². The van der Waals surface area contributed by atoms with Gasteiger partial charge in [-0.2, -0.15) is 5.10 Å². The van der Waals surface area contributed by atoms with Gasteiger partial charge in [0.2, 0.25) is 10.0 Å². The first-order valence-corrected chi connectivity index (χ1v) is 9.81. The van der Waals surface area contributed by atoms with Crippen molar-refractivity contribution in [1.82, 2.24) is 24.6 Å². The van der Waals surface area contributed by atoms with E-state index < -0.39 is 10.0 Å². The number of rotatable bonds is 4. The summed E-state index contributed by atoms with van der Waals surface area (Å²) < 4.78 is 32.3. The molecule has 0 spiro atoms. The number of amides is 1. The fourth-order valence-corrected chi connectivity index (χ4v) is 3.57. The molecule has 9 nitrogen and oxygen atoms in total. The molecule has 0 aromatic carbocycles. The molecule has 0 radical (unpaired) electrons. The highest BCUT2D eigenvalue weighted by molar-refractivity contribution is 7.88. The van der Waals surface area contributed by atoms with Crippen molar-refractivity contribution in [3.63, 3.8) is 0 Å². The number of aryl methyl sites for hydroxylation is 2. The van der Waals surface area contributed by atoms with Crippen LogP contribution in [0.4, 0.5) is 0 Å². The van der Waals surface area contributed by atoms with Crippen molar-refractivity contribution in [3.8, 4) is 0 Å². The molecule has 1 aliphatic heterocycles. The number of fused-ring (bicyclic) bond motifs is 1. The molecule has 1 N–H and O–H groups in total. The van der Waals surface area contributed by atoms with Gasteiger partial charge >= 0.3 is 0 Å². The Morgan fingerprint density at radius 2 is 2.16 bits per heavy atom. The molecular weight excluding hydrogens is 346 g/mol. The molecule has 25 heavy (non-hydrogen) atoms. The van der Waals surface area contributed by atoms with Crippen molar-refractivity contribution in [2.75, 3.05) is 19.3 Å². The third-order valence-electron chi connectivity index (χ3n) is 4.24. The lowest BCUT2D eigenvalue weighted by atomic mass is 10.1. The van der Waals surface area contributed by atoms with Gasteiger partial charge in [0, 0.05) is 31.7 Å². The van der Waals surface area contributed by atoms with E-state index in [0.29, 0.717) is 36.7 Å². The zero-order valence-corrected chi connectivity index (χ0v) is 15.2. The van der Waals surface area contributed by atoms with Crippen LogP contribution in [-0.2, 0) is 23.1 Å². The molecule has 10 heteroatoms. The average Bonchev–Trinajstić information content (AvgIpc) is 3.04. The van der Waals surface area contributed by atoms with Crippen LogP contribution < -0.4 is 4.72 Å². The number of sulfonamides is 1. The van der Waals surface area contributed by atoms with Crippen LogP contribution in [0.25, 0.3) is 0 Å². The fraction of sp³-hybridized carbons (Fsp3) is 0.533. The SMILES string of the molecule is Cc1noc(C)c1C(=O)N1Cc2ccnn2C[C@@H](CNS(C)(=O)=O)C1. The highest BCUT2D eigenvalue weighted by atomic mass is 32.2. The van der Waals surface area contributed by atoms with E-state index in [9.17, 15) is 13.2 Å². The van der Waals surface area contributed by atoms with E-state index in [1.54, 1.807) is 24.9 Å². The van der Waals surface area contributed by atoms with Gasteiger partial charge in [0.05, 0.1) is 24.2 Å². The van der Waals surface area contributed by atoms with Crippen molar-refractivity contribution >= 4 is 15.9 Å². The Hall–Kier alpha value is -2.20. The molecule has 1 atom stereocenters. The number of carbonyl (C=O) groups excluding carboxylic acids is 1. The average molecular weight is 367 g/mol. The smallest absolute Gasteiger partial charge is 0.259 e. The number of nitrogens with zero attached hydrogens (tertiary/aromatic N) is 4. The summed E-state index contributed by atoms with van der Waals surface area (Å²) in [6, 6.07) is 1.86. The van der Waals surface area contributed by atoms with Crippen LogP contribution in [-0.4, -0.2) is 53.5 Å². The van der Waals surface area contributed by atoms with Crippen LogP contribution in [0, 0.1) is 19.8 Å². The molecule has 1 amide bonds. The molecule has 3 heterocycles. The third kappa shape index (κ3) is 3.90. The maximum atomic E-state index is 13.0. The zero-order chi connectivity index (χ0) is 18.2. The van der Waals surface area contributed by atoms with Gasteiger partial charge in [-0.3, -0.25) is 9.48 Å². The summed E-state index contributed by atoms with van der Waals surface area (Å²) in [4.78, 5) is 14.7. The van der Waals surface area contributed by atoms with E-state index >= 15 is 0 Å². The van der Waals surface area contributed by atoms with Crippen LogP contribution in [0.15, 0.2) is 16.8 Å². The first-order chi connectivity index (χ1) is 11.7. The molecule has 2 aromatic rings. The Morgan fingerprint density at radius 1 is 1.40 bits per heavy atom. The molecule has 0 saturated heterocycles. The molecule has 2 aromatic heterocycles. The van der Waals surface area contributed by atoms with Crippen molar-refractivity contribution in [1.29, 1.82) is 0 Å². The lowest BCUT2D eigenvalue weighted by Gasteiger charge is -2.24. The second-order valence-electron chi connectivity index (χ2n) is 6.38. The molecule has 0 unspecified atom stereocenters. The van der Waals surface area contributed by atoms with Gasteiger partial charge in [-0.1, -0.05) is 5.16 Å². The predicted molar refractivity (Wildman–Crippen MR) is 89.3 cm³/mol. The van der Waals surface area contributed by atoms with Gasteiger partial charge in [0.25, 0.3) is 5.91 Å². The lowest BCUT2D eigenvalue weighted by molar-refractivity contribution is 0.0720. The van der Waals surface area contributed by atoms with Crippen molar-refractivity contribution in [2.45, 2.75) is 26.9 Å². The molecule has 1 aliphatic rings. The van der Waals surface area contributed by atoms with E-state index in [0.717, 1.165) is 11.9 Å². The molecule has 0 saturated carbocycles. The summed E-state index contributed by atoms with van der Waals surface area (Å²) in [6.07, 6.45) is 2.80. The van der Waals surface area contributed by atoms with Gasteiger partial charge in [0.1, 0.15) is 11.3 Å². The molecule has 0 aliphatic carbocycles. The van der Waals surface area contributed by atoms with Crippen LogP contribution in [0.5, 0.6) is 0 Å². The minimum Gasteiger partial charge on any atom is -0.361 e. The van der Waals surface area contributed by atoms with Gasteiger partial charge < -0.3 is 9.42 Å². The van der Waals surface area contributed by atoms with Gasteiger partial charge in [0.15, 0.2) is 0 Å². The number of hydrogen-bond acceptors (Lipinski definition) is 6. The first kappa shape index (κ1) is 17.6. The molecule has 3 rings (SSSR count). The summed E-state index contributed by atoms with van der Waals surface area (Å²) >= 11 is 0. The standard InChI is InChI=1S/C15H21N5O4S/c1-10-14(11(2)24-18-10)15(21)19-7-12(6-17-25(3,22)23)8-20-13(9-19)4-5-16-20/h4-5,12,17H,6-9H2,1-3H3/t12-/m0/s1. The Kier molecular flexibility index (Phi) is 4.65. The predicted octanol–water partition coefficient (Wildman–Crippen LogP) is 0.309. The largest absolute Gasteiger partial charge is 0.361 e. The summed E-state index contributed by atoms with van der Waals surface area (Å²) in [5.41, 5.74) is 1.91. The van der Waals surface area contributed by atoms with Gasteiger partial charge in [-0.05, 0) is 19.9 Å². The summed E-state index contributed by atoms with van der Waals surface area (Å²) in [6.45, 7) is 5.03. The zero-order valence-electron chi connectivity index (χ0n) is 14.4. The Labute approximate surface area is 146 Å². The number of hydrogen-bond donors (Lipinski definition) is 1.